The fourth-order valence-electron chi connectivity index (χ4n) is 2.36. The van der Waals surface area contributed by atoms with E-state index in [0.717, 1.165) is 24.3 Å². The van der Waals surface area contributed by atoms with Gasteiger partial charge in [0.1, 0.15) is 17.5 Å². The largest absolute Gasteiger partial charge is 0.348 e. The molecule has 0 atom stereocenters. The van der Waals surface area contributed by atoms with E-state index in [1.54, 1.807) is 0 Å². The lowest BCUT2D eigenvalue weighted by atomic mass is 10.1. The number of pyridine rings is 1. The maximum absolute atomic E-state index is 13.6. The van der Waals surface area contributed by atoms with Crippen molar-refractivity contribution >= 4 is 16.8 Å². The minimum absolute atomic E-state index is 0.0382. The highest BCUT2D eigenvalue weighted by Gasteiger charge is 2.13. The number of hydrogen-bond acceptors (Lipinski definition) is 2. The van der Waals surface area contributed by atoms with E-state index in [0.29, 0.717) is 11.5 Å². The van der Waals surface area contributed by atoms with Crippen molar-refractivity contribution in [1.29, 1.82) is 0 Å². The average Bonchev–Trinajstić information content (AvgIpc) is 2.52. The van der Waals surface area contributed by atoms with Crippen LogP contribution in [-0.4, -0.2) is 10.9 Å². The van der Waals surface area contributed by atoms with Crippen LogP contribution in [0.25, 0.3) is 10.9 Å². The SMILES string of the molecule is O=C(NCc1ccc(F)cc1F)c1cc(=O)[nH]c2cc(F)ccc12. The van der Waals surface area contributed by atoms with Gasteiger partial charge in [-0.1, -0.05) is 6.07 Å². The summed E-state index contributed by atoms with van der Waals surface area (Å²) in [6, 6.07) is 7.73. The zero-order valence-corrected chi connectivity index (χ0v) is 12.2. The molecule has 1 aromatic heterocycles. The maximum Gasteiger partial charge on any atom is 0.252 e. The smallest absolute Gasteiger partial charge is 0.252 e. The van der Waals surface area contributed by atoms with Gasteiger partial charge < -0.3 is 10.3 Å². The second-order valence-corrected chi connectivity index (χ2v) is 5.16. The first kappa shape index (κ1) is 15.8. The summed E-state index contributed by atoms with van der Waals surface area (Å²) >= 11 is 0. The Kier molecular flexibility index (Phi) is 4.07. The van der Waals surface area contributed by atoms with Crippen molar-refractivity contribution in [2.24, 2.45) is 0 Å². The van der Waals surface area contributed by atoms with Gasteiger partial charge in [-0.15, -0.1) is 0 Å². The molecule has 122 valence electrons. The molecule has 1 amide bonds. The maximum atomic E-state index is 13.6. The monoisotopic (exact) mass is 332 g/mol. The van der Waals surface area contributed by atoms with Gasteiger partial charge in [-0.05, 0) is 24.3 Å². The molecule has 2 N–H and O–H groups in total. The summed E-state index contributed by atoms with van der Waals surface area (Å²) < 4.78 is 39.7. The standard InChI is InChI=1S/C17H11F3N2O2/c18-10-2-1-9(14(20)5-10)8-21-17(24)13-7-16(23)22-15-6-11(19)3-4-12(13)15/h1-7H,8H2,(H,21,24)(H,22,23). The lowest BCUT2D eigenvalue weighted by molar-refractivity contribution is 0.0952. The van der Waals surface area contributed by atoms with Crippen LogP contribution >= 0.6 is 0 Å². The van der Waals surface area contributed by atoms with E-state index in [2.05, 4.69) is 10.3 Å². The van der Waals surface area contributed by atoms with Crippen molar-refractivity contribution in [2.45, 2.75) is 6.54 Å². The topological polar surface area (TPSA) is 62.0 Å². The Morgan fingerprint density at radius 1 is 1.00 bits per heavy atom. The zero-order valence-electron chi connectivity index (χ0n) is 12.2. The highest BCUT2D eigenvalue weighted by atomic mass is 19.1. The van der Waals surface area contributed by atoms with Gasteiger partial charge in [-0.3, -0.25) is 9.59 Å². The first-order valence-electron chi connectivity index (χ1n) is 6.99. The summed E-state index contributed by atoms with van der Waals surface area (Å²) in [5.74, 6) is -2.68. The van der Waals surface area contributed by atoms with E-state index >= 15 is 0 Å². The van der Waals surface area contributed by atoms with Gasteiger partial charge in [0.2, 0.25) is 5.56 Å². The van der Waals surface area contributed by atoms with Crippen LogP contribution in [-0.2, 0) is 6.54 Å². The third-order valence-corrected chi connectivity index (χ3v) is 3.50. The van der Waals surface area contributed by atoms with Gasteiger partial charge in [0.25, 0.3) is 5.91 Å². The number of halogens is 3. The molecular weight excluding hydrogens is 321 g/mol. The van der Waals surface area contributed by atoms with Gasteiger partial charge in [-0.2, -0.15) is 0 Å². The first-order valence-corrected chi connectivity index (χ1v) is 6.99. The van der Waals surface area contributed by atoms with E-state index in [1.165, 1.54) is 12.1 Å². The minimum Gasteiger partial charge on any atom is -0.348 e. The Hall–Kier alpha value is -3.09. The van der Waals surface area contributed by atoms with Crippen LogP contribution in [0.3, 0.4) is 0 Å². The van der Waals surface area contributed by atoms with Crippen molar-refractivity contribution in [3.63, 3.8) is 0 Å². The molecule has 0 aliphatic carbocycles. The number of benzene rings is 2. The highest BCUT2D eigenvalue weighted by Crippen LogP contribution is 2.17. The molecule has 2 aromatic carbocycles. The predicted octanol–water partition coefficient (Wildman–Crippen LogP) is 2.88. The molecule has 24 heavy (non-hydrogen) atoms. The van der Waals surface area contributed by atoms with E-state index < -0.39 is 28.9 Å². The number of rotatable bonds is 3. The fraction of sp³-hybridized carbons (Fsp3) is 0.0588. The lowest BCUT2D eigenvalue weighted by Gasteiger charge is -2.09. The third kappa shape index (κ3) is 3.15. The second kappa shape index (κ2) is 6.19. The summed E-state index contributed by atoms with van der Waals surface area (Å²) in [7, 11) is 0. The summed E-state index contributed by atoms with van der Waals surface area (Å²) in [5.41, 5.74) is -0.243. The number of nitrogens with one attached hydrogen (secondary N) is 2. The van der Waals surface area contributed by atoms with Crippen LogP contribution in [0.5, 0.6) is 0 Å². The average molecular weight is 332 g/mol. The van der Waals surface area contributed by atoms with Crippen molar-refractivity contribution in [1.82, 2.24) is 10.3 Å². The normalized spacial score (nSPS) is 10.8. The molecule has 0 spiro atoms. The molecule has 0 fully saturated rings. The minimum atomic E-state index is -0.784. The van der Waals surface area contributed by atoms with Crippen LogP contribution in [0.4, 0.5) is 13.2 Å². The number of aromatic amines is 1. The number of amides is 1. The molecular formula is C17H11F3N2O2. The number of aromatic nitrogens is 1. The van der Waals surface area contributed by atoms with Crippen molar-refractivity contribution < 1.29 is 18.0 Å². The van der Waals surface area contributed by atoms with E-state index in [4.69, 9.17) is 0 Å². The van der Waals surface area contributed by atoms with Crippen LogP contribution < -0.4 is 10.9 Å². The molecule has 4 nitrogen and oxygen atoms in total. The molecule has 0 saturated carbocycles. The van der Waals surface area contributed by atoms with E-state index in [9.17, 15) is 22.8 Å². The van der Waals surface area contributed by atoms with Crippen LogP contribution in [0.15, 0.2) is 47.3 Å². The van der Waals surface area contributed by atoms with E-state index in [-0.39, 0.29) is 23.2 Å². The molecule has 3 rings (SSSR count). The van der Waals surface area contributed by atoms with Crippen LogP contribution in [0, 0.1) is 17.5 Å². The van der Waals surface area contributed by atoms with Crippen molar-refractivity contribution in [2.75, 3.05) is 0 Å². The zero-order chi connectivity index (χ0) is 17.3. The quantitative estimate of drug-likeness (QED) is 0.775. The number of carbonyl (C=O) groups excluding carboxylic acids is 1. The van der Waals surface area contributed by atoms with E-state index in [1.807, 2.05) is 0 Å². The van der Waals surface area contributed by atoms with Gasteiger partial charge >= 0.3 is 0 Å². The number of fused-ring (bicyclic) bond motifs is 1. The molecule has 0 bridgehead atoms. The summed E-state index contributed by atoms with van der Waals surface area (Å²) in [6.07, 6.45) is 0. The Balaban J connectivity index is 1.90. The number of H-pyrrole nitrogens is 1. The highest BCUT2D eigenvalue weighted by molar-refractivity contribution is 6.05. The van der Waals surface area contributed by atoms with Crippen LogP contribution in [0.2, 0.25) is 0 Å². The Labute approximate surface area is 133 Å². The Morgan fingerprint density at radius 2 is 1.71 bits per heavy atom. The molecule has 3 aromatic rings. The number of carbonyl (C=O) groups is 1. The molecule has 0 saturated heterocycles. The molecule has 7 heteroatoms. The van der Waals surface area contributed by atoms with Gasteiger partial charge in [0.05, 0.1) is 11.1 Å². The summed E-state index contributed by atoms with van der Waals surface area (Å²) in [5, 5.41) is 2.82. The fourth-order valence-corrected chi connectivity index (χ4v) is 2.36. The molecule has 0 unspecified atom stereocenters. The van der Waals surface area contributed by atoms with Crippen LogP contribution in [0.1, 0.15) is 15.9 Å². The molecule has 0 aliphatic heterocycles. The second-order valence-electron chi connectivity index (χ2n) is 5.16. The molecule has 0 aliphatic rings. The molecule has 1 heterocycles. The predicted molar refractivity (Wildman–Crippen MR) is 82.1 cm³/mol. The van der Waals surface area contributed by atoms with Gasteiger partial charge in [-0.25, -0.2) is 13.2 Å². The molecule has 0 radical (unpaired) electrons. The number of hydrogen-bond donors (Lipinski definition) is 2. The summed E-state index contributed by atoms with van der Waals surface area (Å²) in [4.78, 5) is 26.4. The Bertz CT molecular complexity index is 999. The van der Waals surface area contributed by atoms with Gasteiger partial charge in [0, 0.05) is 29.6 Å². The van der Waals surface area contributed by atoms with Gasteiger partial charge in [0.15, 0.2) is 0 Å². The third-order valence-electron chi connectivity index (χ3n) is 3.50. The first-order chi connectivity index (χ1) is 11.4. The lowest BCUT2D eigenvalue weighted by Crippen LogP contribution is -2.25. The summed E-state index contributed by atoms with van der Waals surface area (Å²) in [6.45, 7) is -0.180. The van der Waals surface area contributed by atoms with Crippen molar-refractivity contribution in [3.05, 3.63) is 81.4 Å². The Morgan fingerprint density at radius 3 is 2.46 bits per heavy atom. The van der Waals surface area contributed by atoms with Crippen molar-refractivity contribution in [3.8, 4) is 0 Å².